The molecule has 0 unspecified atom stereocenters. The average molecular weight is 593 g/mol. The van der Waals surface area contributed by atoms with Crippen LogP contribution in [0, 0.1) is 58.1 Å². The molecule has 5 rings (SSSR count). The second kappa shape index (κ2) is 11.5. The number of aliphatic hydroxyl groups excluding tert-OH is 2. The Labute approximate surface area is 245 Å². The average Bonchev–Trinajstić information content (AvgIpc) is 3.27. The molecule has 0 aliphatic heterocycles. The van der Waals surface area contributed by atoms with Crippen LogP contribution in [-0.2, 0) is 19.4 Å². The van der Waals surface area contributed by atoms with Crippen molar-refractivity contribution in [3.8, 4) is 0 Å². The predicted octanol–water partition coefficient (Wildman–Crippen LogP) is 5.80. The van der Waals surface area contributed by atoms with E-state index in [-0.39, 0.29) is 40.5 Å². The van der Waals surface area contributed by atoms with Gasteiger partial charge in [0, 0.05) is 0 Å². The van der Waals surface area contributed by atoms with Gasteiger partial charge in [-0.05, 0) is 122 Å². The third-order valence-corrected chi connectivity index (χ3v) is 14.0. The third kappa shape index (κ3) is 5.50. The molecule has 4 saturated carbocycles. The van der Waals surface area contributed by atoms with Crippen molar-refractivity contribution in [2.24, 2.45) is 52.3 Å². The molecule has 0 bridgehead atoms. The van der Waals surface area contributed by atoms with E-state index in [1.165, 1.54) is 12.1 Å². The number of sulfone groups is 1. The molecule has 4 fully saturated rings. The molecular weight excluding hydrogens is 543 g/mol. The van der Waals surface area contributed by atoms with E-state index in [9.17, 15) is 27.8 Å². The van der Waals surface area contributed by atoms with Crippen LogP contribution in [0.4, 0.5) is 4.39 Å². The lowest BCUT2D eigenvalue weighted by Gasteiger charge is -2.64. The Morgan fingerprint density at radius 2 is 1.78 bits per heavy atom. The smallest absolute Gasteiger partial charge is 0.321 e. The van der Waals surface area contributed by atoms with Crippen molar-refractivity contribution in [1.29, 1.82) is 0 Å². The van der Waals surface area contributed by atoms with Gasteiger partial charge >= 0.3 is 5.97 Å². The second-order valence-corrected chi connectivity index (χ2v) is 16.3. The molecule has 4 aliphatic carbocycles. The molecule has 1 aromatic rings. The van der Waals surface area contributed by atoms with Crippen LogP contribution in [0.3, 0.4) is 0 Å². The van der Waals surface area contributed by atoms with Crippen LogP contribution < -0.4 is 0 Å². The van der Waals surface area contributed by atoms with Crippen LogP contribution in [0.1, 0.15) is 85.5 Å². The van der Waals surface area contributed by atoms with E-state index >= 15 is 0 Å². The predicted molar refractivity (Wildman–Crippen MR) is 155 cm³/mol. The van der Waals surface area contributed by atoms with Gasteiger partial charge in [0.2, 0.25) is 0 Å². The number of fused-ring (bicyclic) bond motifs is 5. The van der Waals surface area contributed by atoms with Crippen molar-refractivity contribution in [3.05, 3.63) is 30.1 Å². The van der Waals surface area contributed by atoms with Gasteiger partial charge in [-0.1, -0.05) is 40.2 Å². The van der Waals surface area contributed by atoms with Crippen molar-refractivity contribution < 1.29 is 32.6 Å². The number of hydrogen-bond donors (Lipinski definition) is 2. The Bertz CT molecular complexity index is 1220. The minimum absolute atomic E-state index is 0.113. The second-order valence-electron chi connectivity index (χ2n) is 14.3. The van der Waals surface area contributed by atoms with E-state index in [1.807, 2.05) is 0 Å². The molecule has 230 valence electrons. The number of ether oxygens (including phenoxy) is 1. The summed E-state index contributed by atoms with van der Waals surface area (Å²) in [4.78, 5) is 12.2. The maximum Gasteiger partial charge on any atom is 0.321 e. The SMILES string of the molecule is CC[C@H]1[C@@H](O)[C@@H]2[C@H](CC[C@]3(C)[C@@H]([C@H](C)CCOC(=O)CS(=O)(=O)c4cccc(F)c4)CC[C@@H]23)[C@@]2(C)CC[C@@H](O)C[C@@H]12. The monoisotopic (exact) mass is 592 g/mol. The Morgan fingerprint density at radius 1 is 1.07 bits per heavy atom. The van der Waals surface area contributed by atoms with Gasteiger partial charge < -0.3 is 14.9 Å². The highest BCUT2D eigenvalue weighted by atomic mass is 32.2. The van der Waals surface area contributed by atoms with Crippen molar-refractivity contribution in [1.82, 2.24) is 0 Å². The molecular formula is C33H49FO6S. The van der Waals surface area contributed by atoms with Gasteiger partial charge in [0.15, 0.2) is 15.6 Å². The minimum Gasteiger partial charge on any atom is -0.465 e. The summed E-state index contributed by atoms with van der Waals surface area (Å²) in [5.41, 5.74) is 0.289. The quantitative estimate of drug-likeness (QED) is 0.371. The molecule has 0 spiro atoms. The maximum atomic E-state index is 13.5. The third-order valence-electron chi connectivity index (χ3n) is 12.4. The molecule has 0 aromatic heterocycles. The molecule has 0 heterocycles. The highest BCUT2D eigenvalue weighted by Crippen LogP contribution is 2.69. The number of benzene rings is 1. The Balaban J connectivity index is 1.22. The molecule has 2 N–H and O–H groups in total. The largest absolute Gasteiger partial charge is 0.465 e. The zero-order chi connectivity index (χ0) is 29.7. The molecule has 6 nitrogen and oxygen atoms in total. The van der Waals surface area contributed by atoms with E-state index in [1.54, 1.807) is 0 Å². The Hall–Kier alpha value is -1.51. The number of carbonyl (C=O) groups excluding carboxylic acids is 1. The fraction of sp³-hybridized carbons (Fsp3) is 0.788. The molecule has 41 heavy (non-hydrogen) atoms. The molecule has 8 heteroatoms. The van der Waals surface area contributed by atoms with E-state index in [0.29, 0.717) is 41.9 Å². The fourth-order valence-corrected chi connectivity index (χ4v) is 11.6. The fourth-order valence-electron chi connectivity index (χ4n) is 10.4. The lowest BCUT2D eigenvalue weighted by molar-refractivity contribution is -0.203. The number of hydrogen-bond acceptors (Lipinski definition) is 6. The minimum atomic E-state index is -3.97. The first-order valence-electron chi connectivity index (χ1n) is 15.8. The normalized spacial score (nSPS) is 41.1. The maximum absolute atomic E-state index is 13.5. The highest BCUT2D eigenvalue weighted by Gasteiger charge is 2.64. The molecule has 4 aliphatic rings. The van der Waals surface area contributed by atoms with Crippen LogP contribution >= 0.6 is 0 Å². The standard InChI is InChI=1S/C33H49FO6S/c1-5-24-28-18-22(35)11-14-33(28,4)27-12-15-32(3)25(9-10-26(32)30(27)31(24)37)20(2)13-16-40-29(36)19-41(38,39)23-8-6-7-21(34)17-23/h6-8,17,20,22,24-28,30-31,35,37H,5,9-16,18-19H2,1-4H3/t20-,22-,24-,25-,26+,27+,28+,30+,31-,32-,33-/m1/s1. The molecule has 0 saturated heterocycles. The zero-order valence-corrected chi connectivity index (χ0v) is 25.9. The van der Waals surface area contributed by atoms with Crippen LogP contribution in [0.2, 0.25) is 0 Å². The number of carbonyl (C=O) groups is 1. The first-order chi connectivity index (χ1) is 19.3. The first kappa shape index (κ1) is 30.9. The van der Waals surface area contributed by atoms with Gasteiger partial charge in [0.25, 0.3) is 0 Å². The number of esters is 1. The van der Waals surface area contributed by atoms with Crippen LogP contribution in [0.25, 0.3) is 0 Å². The summed E-state index contributed by atoms with van der Waals surface area (Å²) in [6, 6.07) is 4.67. The number of rotatable bonds is 8. The molecule has 11 atom stereocenters. The Morgan fingerprint density at radius 3 is 2.49 bits per heavy atom. The zero-order valence-electron chi connectivity index (χ0n) is 25.1. The topological polar surface area (TPSA) is 101 Å². The highest BCUT2D eigenvalue weighted by molar-refractivity contribution is 7.92. The summed E-state index contributed by atoms with van der Waals surface area (Å²) < 4.78 is 43.9. The van der Waals surface area contributed by atoms with Crippen molar-refractivity contribution in [2.45, 2.75) is 103 Å². The summed E-state index contributed by atoms with van der Waals surface area (Å²) in [7, 11) is -3.97. The van der Waals surface area contributed by atoms with Gasteiger partial charge in [-0.2, -0.15) is 0 Å². The van der Waals surface area contributed by atoms with Gasteiger partial charge in [0.05, 0.1) is 23.7 Å². The lowest BCUT2D eigenvalue weighted by atomic mass is 9.41. The Kier molecular flexibility index (Phi) is 8.70. The molecule has 0 amide bonds. The van der Waals surface area contributed by atoms with Gasteiger partial charge in [-0.25, -0.2) is 12.8 Å². The summed E-state index contributed by atoms with van der Waals surface area (Å²) in [5, 5.41) is 22.4. The van der Waals surface area contributed by atoms with Crippen LogP contribution in [0.5, 0.6) is 0 Å². The van der Waals surface area contributed by atoms with Crippen molar-refractivity contribution in [2.75, 3.05) is 12.4 Å². The summed E-state index contributed by atoms with van der Waals surface area (Å²) in [6.45, 7) is 9.45. The summed E-state index contributed by atoms with van der Waals surface area (Å²) >= 11 is 0. The first-order valence-corrected chi connectivity index (χ1v) is 17.5. The van der Waals surface area contributed by atoms with Gasteiger partial charge in [0.1, 0.15) is 5.82 Å². The summed E-state index contributed by atoms with van der Waals surface area (Å²) in [6.07, 6.45) is 8.22. The van der Waals surface area contributed by atoms with Gasteiger partial charge in [-0.15, -0.1) is 0 Å². The number of aliphatic hydroxyl groups is 2. The van der Waals surface area contributed by atoms with Crippen LogP contribution in [-0.4, -0.2) is 49.2 Å². The van der Waals surface area contributed by atoms with Crippen molar-refractivity contribution in [3.63, 3.8) is 0 Å². The summed E-state index contributed by atoms with van der Waals surface area (Å²) in [5.74, 6) is 0.330. The molecule has 0 radical (unpaired) electrons. The van der Waals surface area contributed by atoms with E-state index in [4.69, 9.17) is 4.74 Å². The van der Waals surface area contributed by atoms with Crippen LogP contribution in [0.15, 0.2) is 29.2 Å². The van der Waals surface area contributed by atoms with E-state index in [2.05, 4.69) is 27.7 Å². The van der Waals surface area contributed by atoms with E-state index < -0.39 is 27.4 Å². The van der Waals surface area contributed by atoms with E-state index in [0.717, 1.165) is 63.5 Å². The number of halogens is 1. The lowest BCUT2D eigenvalue weighted by Crippen LogP contribution is -2.62. The van der Waals surface area contributed by atoms with Crippen molar-refractivity contribution >= 4 is 15.8 Å². The molecule has 1 aromatic carbocycles. The van der Waals surface area contributed by atoms with Gasteiger partial charge in [-0.3, -0.25) is 4.79 Å².